The molecule has 1 rings (SSSR count). The summed E-state index contributed by atoms with van der Waals surface area (Å²) in [5.74, 6) is 0.0475. The minimum absolute atomic E-state index is 0.0475. The molecule has 0 unspecified atom stereocenters. The summed E-state index contributed by atoms with van der Waals surface area (Å²) in [5.41, 5.74) is 1.99. The Morgan fingerprint density at radius 2 is 1.87 bits per heavy atom. The van der Waals surface area contributed by atoms with Crippen molar-refractivity contribution in [2.24, 2.45) is 0 Å². The molecule has 0 amide bonds. The van der Waals surface area contributed by atoms with Crippen LogP contribution in [-0.2, 0) is 6.42 Å². The van der Waals surface area contributed by atoms with Crippen LogP contribution in [0.3, 0.4) is 0 Å². The molecule has 0 saturated heterocycles. The van der Waals surface area contributed by atoms with Gasteiger partial charge in [-0.25, -0.2) is 0 Å². The molecule has 0 aliphatic heterocycles. The average Bonchev–Trinajstić information content (AvgIpc) is 2.26. The predicted molar refractivity (Wildman–Crippen MR) is 63.0 cm³/mol. The summed E-state index contributed by atoms with van der Waals surface area (Å²) in [7, 11) is 3.79. The molecule has 1 aromatic rings. The van der Waals surface area contributed by atoms with Crippen molar-refractivity contribution in [1.82, 2.24) is 4.90 Å². The van der Waals surface area contributed by atoms with Gasteiger partial charge in [0.25, 0.3) is 0 Å². The van der Waals surface area contributed by atoms with Crippen molar-refractivity contribution in [2.75, 3.05) is 14.1 Å². The number of nitrogens with zero attached hydrogens (tertiary/aromatic N) is 1. The third-order valence-corrected chi connectivity index (χ3v) is 2.17. The lowest BCUT2D eigenvalue weighted by Gasteiger charge is -2.03. The lowest BCUT2D eigenvalue weighted by molar-refractivity contribution is 0.104. The summed E-state index contributed by atoms with van der Waals surface area (Å²) in [6.45, 7) is 2.10. The average molecular weight is 203 g/mol. The Kier molecular flexibility index (Phi) is 4.10. The highest BCUT2D eigenvalue weighted by Crippen LogP contribution is 2.06. The quantitative estimate of drug-likeness (QED) is 0.553. The van der Waals surface area contributed by atoms with Gasteiger partial charge in [-0.15, -0.1) is 0 Å². The van der Waals surface area contributed by atoms with E-state index in [0.29, 0.717) is 0 Å². The summed E-state index contributed by atoms with van der Waals surface area (Å²) in [4.78, 5) is 13.5. The van der Waals surface area contributed by atoms with E-state index in [0.717, 1.165) is 12.0 Å². The molecule has 0 N–H and O–H groups in total. The molecule has 0 fully saturated rings. The van der Waals surface area contributed by atoms with E-state index < -0.39 is 0 Å². The van der Waals surface area contributed by atoms with Crippen LogP contribution < -0.4 is 0 Å². The Morgan fingerprint density at radius 1 is 1.27 bits per heavy atom. The predicted octanol–water partition coefficient (Wildman–Crippen LogP) is 2.51. The van der Waals surface area contributed by atoms with E-state index in [1.165, 1.54) is 5.56 Å². The first-order valence-corrected chi connectivity index (χ1v) is 5.11. The molecule has 0 bridgehead atoms. The number of rotatable bonds is 4. The summed E-state index contributed by atoms with van der Waals surface area (Å²) in [5, 5.41) is 0. The second-order valence-electron chi connectivity index (χ2n) is 3.69. The van der Waals surface area contributed by atoms with Gasteiger partial charge in [0, 0.05) is 31.9 Å². The van der Waals surface area contributed by atoms with E-state index in [2.05, 4.69) is 6.92 Å². The van der Waals surface area contributed by atoms with Crippen molar-refractivity contribution >= 4 is 5.78 Å². The SMILES string of the molecule is CCc1ccc(C(=O)C=CN(C)C)cc1. The third kappa shape index (κ3) is 3.58. The maximum atomic E-state index is 11.6. The van der Waals surface area contributed by atoms with Crippen LogP contribution in [0.5, 0.6) is 0 Å². The molecular formula is C13H17NO. The van der Waals surface area contributed by atoms with Gasteiger partial charge < -0.3 is 4.90 Å². The second kappa shape index (κ2) is 5.35. The van der Waals surface area contributed by atoms with Crippen LogP contribution in [0, 0.1) is 0 Å². The van der Waals surface area contributed by atoms with E-state index in [1.54, 1.807) is 12.3 Å². The van der Waals surface area contributed by atoms with E-state index in [-0.39, 0.29) is 5.78 Å². The van der Waals surface area contributed by atoms with E-state index >= 15 is 0 Å². The van der Waals surface area contributed by atoms with Gasteiger partial charge in [-0.3, -0.25) is 4.79 Å². The zero-order valence-corrected chi connectivity index (χ0v) is 9.53. The fourth-order valence-corrected chi connectivity index (χ4v) is 1.22. The smallest absolute Gasteiger partial charge is 0.187 e. The zero-order valence-electron chi connectivity index (χ0n) is 9.53. The number of hydrogen-bond donors (Lipinski definition) is 0. The number of benzene rings is 1. The first-order valence-electron chi connectivity index (χ1n) is 5.11. The van der Waals surface area contributed by atoms with Gasteiger partial charge in [0.1, 0.15) is 0 Å². The Morgan fingerprint density at radius 3 is 2.33 bits per heavy atom. The van der Waals surface area contributed by atoms with E-state index in [4.69, 9.17) is 0 Å². The molecule has 15 heavy (non-hydrogen) atoms. The largest absolute Gasteiger partial charge is 0.383 e. The van der Waals surface area contributed by atoms with Crippen LogP contribution in [0.1, 0.15) is 22.8 Å². The van der Waals surface area contributed by atoms with Crippen molar-refractivity contribution in [3.05, 3.63) is 47.7 Å². The second-order valence-corrected chi connectivity index (χ2v) is 3.69. The minimum Gasteiger partial charge on any atom is -0.383 e. The molecular weight excluding hydrogens is 186 g/mol. The Labute approximate surface area is 91.2 Å². The third-order valence-electron chi connectivity index (χ3n) is 2.17. The van der Waals surface area contributed by atoms with Crippen LogP contribution >= 0.6 is 0 Å². The molecule has 1 aromatic carbocycles. The highest BCUT2D eigenvalue weighted by Gasteiger charge is 2.00. The molecule has 0 aliphatic rings. The number of hydrogen-bond acceptors (Lipinski definition) is 2. The van der Waals surface area contributed by atoms with Gasteiger partial charge in [0.2, 0.25) is 0 Å². The number of carbonyl (C=O) groups is 1. The summed E-state index contributed by atoms with van der Waals surface area (Å²) >= 11 is 0. The first kappa shape index (κ1) is 11.5. The monoisotopic (exact) mass is 203 g/mol. The van der Waals surface area contributed by atoms with Crippen LogP contribution in [0.2, 0.25) is 0 Å². The number of carbonyl (C=O) groups excluding carboxylic acids is 1. The van der Waals surface area contributed by atoms with Crippen molar-refractivity contribution in [2.45, 2.75) is 13.3 Å². The zero-order chi connectivity index (χ0) is 11.3. The Balaban J connectivity index is 2.74. The summed E-state index contributed by atoms with van der Waals surface area (Å²) in [6, 6.07) is 7.75. The van der Waals surface area contributed by atoms with Crippen molar-refractivity contribution in [3.8, 4) is 0 Å². The van der Waals surface area contributed by atoms with Gasteiger partial charge in [0.05, 0.1) is 0 Å². The van der Waals surface area contributed by atoms with Crippen molar-refractivity contribution in [1.29, 1.82) is 0 Å². The van der Waals surface area contributed by atoms with Crippen molar-refractivity contribution < 1.29 is 4.79 Å². The molecule has 0 atom stereocenters. The van der Waals surface area contributed by atoms with Crippen LogP contribution in [0.25, 0.3) is 0 Å². The summed E-state index contributed by atoms with van der Waals surface area (Å²) < 4.78 is 0. The van der Waals surface area contributed by atoms with Gasteiger partial charge in [-0.05, 0) is 12.0 Å². The van der Waals surface area contributed by atoms with Gasteiger partial charge in [-0.1, -0.05) is 31.2 Å². The molecule has 0 aliphatic carbocycles. The van der Waals surface area contributed by atoms with Crippen molar-refractivity contribution in [3.63, 3.8) is 0 Å². The molecule has 2 nitrogen and oxygen atoms in total. The topological polar surface area (TPSA) is 20.3 Å². The Bertz CT molecular complexity index is 349. The van der Waals surface area contributed by atoms with Gasteiger partial charge >= 0.3 is 0 Å². The maximum absolute atomic E-state index is 11.6. The molecule has 80 valence electrons. The van der Waals surface area contributed by atoms with E-state index in [9.17, 15) is 4.79 Å². The summed E-state index contributed by atoms with van der Waals surface area (Å²) in [6.07, 6.45) is 4.35. The minimum atomic E-state index is 0.0475. The standard InChI is InChI=1S/C13H17NO/c1-4-11-5-7-12(8-6-11)13(15)9-10-14(2)3/h5-10H,4H2,1-3H3. The molecule has 0 spiro atoms. The first-order chi connectivity index (χ1) is 7.13. The Hall–Kier alpha value is -1.57. The highest BCUT2D eigenvalue weighted by atomic mass is 16.1. The van der Waals surface area contributed by atoms with Crippen LogP contribution in [0.15, 0.2) is 36.5 Å². The van der Waals surface area contributed by atoms with Crippen LogP contribution in [-0.4, -0.2) is 24.8 Å². The molecule has 0 heterocycles. The molecule has 0 saturated carbocycles. The number of allylic oxidation sites excluding steroid dienone is 1. The molecule has 0 radical (unpaired) electrons. The normalized spacial score (nSPS) is 10.6. The lowest BCUT2D eigenvalue weighted by Crippen LogP contribution is -2.03. The van der Waals surface area contributed by atoms with Crippen LogP contribution in [0.4, 0.5) is 0 Å². The fraction of sp³-hybridized carbons (Fsp3) is 0.308. The van der Waals surface area contributed by atoms with Gasteiger partial charge in [-0.2, -0.15) is 0 Å². The van der Waals surface area contributed by atoms with E-state index in [1.807, 2.05) is 43.3 Å². The molecule has 0 aromatic heterocycles. The number of aryl methyl sites for hydroxylation is 1. The maximum Gasteiger partial charge on any atom is 0.187 e. The fourth-order valence-electron chi connectivity index (χ4n) is 1.22. The lowest BCUT2D eigenvalue weighted by atomic mass is 10.1. The number of ketones is 1. The molecule has 2 heteroatoms. The van der Waals surface area contributed by atoms with Gasteiger partial charge in [0.15, 0.2) is 5.78 Å². The highest BCUT2D eigenvalue weighted by molar-refractivity contribution is 6.04.